The van der Waals surface area contributed by atoms with Gasteiger partial charge in [-0.15, -0.1) is 0 Å². The van der Waals surface area contributed by atoms with Crippen molar-refractivity contribution < 1.29 is 9.53 Å². The Hall–Kier alpha value is -0.610. The van der Waals surface area contributed by atoms with Gasteiger partial charge < -0.3 is 15.4 Å². The van der Waals surface area contributed by atoms with Crippen LogP contribution in [0.4, 0.5) is 0 Å². The second-order valence-electron chi connectivity index (χ2n) is 3.98. The van der Waals surface area contributed by atoms with Crippen molar-refractivity contribution in [1.29, 1.82) is 0 Å². The minimum Gasteiger partial charge on any atom is -0.380 e. The lowest BCUT2D eigenvalue weighted by atomic mass is 10.4. The quantitative estimate of drug-likeness (QED) is 0.555. The van der Waals surface area contributed by atoms with E-state index in [9.17, 15) is 4.79 Å². The third-order valence-corrected chi connectivity index (χ3v) is 2.29. The summed E-state index contributed by atoms with van der Waals surface area (Å²) in [7, 11) is 0. The molecule has 0 unspecified atom stereocenters. The van der Waals surface area contributed by atoms with Crippen LogP contribution in [0.5, 0.6) is 0 Å². The largest absolute Gasteiger partial charge is 0.380 e. The first-order valence-electron chi connectivity index (χ1n) is 5.90. The van der Waals surface area contributed by atoms with Gasteiger partial charge in [-0.3, -0.25) is 4.79 Å². The number of unbranched alkanes of at least 4 members (excludes halogenated alkanes) is 1. The molecule has 1 rings (SSSR count). The molecule has 4 nitrogen and oxygen atoms in total. The minimum atomic E-state index is 0.103. The zero-order chi connectivity index (χ0) is 10.9. The predicted molar refractivity (Wildman–Crippen MR) is 59.8 cm³/mol. The summed E-state index contributed by atoms with van der Waals surface area (Å²) >= 11 is 0. The van der Waals surface area contributed by atoms with Gasteiger partial charge in [0, 0.05) is 19.2 Å². The van der Waals surface area contributed by atoms with E-state index in [0.29, 0.717) is 19.2 Å². The molecule has 1 amide bonds. The molecule has 0 atom stereocenters. The topological polar surface area (TPSA) is 50.4 Å². The van der Waals surface area contributed by atoms with Crippen molar-refractivity contribution in [1.82, 2.24) is 10.6 Å². The van der Waals surface area contributed by atoms with Crippen LogP contribution in [0, 0.1) is 0 Å². The Balaban J connectivity index is 1.77. The van der Waals surface area contributed by atoms with E-state index in [2.05, 4.69) is 17.6 Å². The molecule has 4 heteroatoms. The molecule has 0 aromatic carbocycles. The Bertz CT molecular complexity index is 181. The van der Waals surface area contributed by atoms with Crippen LogP contribution >= 0.6 is 0 Å². The smallest absolute Gasteiger partial charge is 0.234 e. The van der Waals surface area contributed by atoms with Gasteiger partial charge in [-0.1, -0.05) is 13.3 Å². The number of hydrogen-bond donors (Lipinski definition) is 2. The maximum absolute atomic E-state index is 11.2. The monoisotopic (exact) mass is 214 g/mol. The van der Waals surface area contributed by atoms with Crippen LogP contribution in [0.25, 0.3) is 0 Å². The van der Waals surface area contributed by atoms with Crippen molar-refractivity contribution in [3.63, 3.8) is 0 Å². The van der Waals surface area contributed by atoms with Crippen LogP contribution in [0.15, 0.2) is 0 Å². The highest BCUT2D eigenvalue weighted by Gasteiger charge is 2.22. The van der Waals surface area contributed by atoms with Crippen molar-refractivity contribution >= 4 is 5.91 Å². The highest BCUT2D eigenvalue weighted by atomic mass is 16.5. The molecule has 88 valence electrons. The van der Waals surface area contributed by atoms with Crippen molar-refractivity contribution in [3.05, 3.63) is 0 Å². The summed E-state index contributed by atoms with van der Waals surface area (Å²) in [6.45, 7) is 4.82. The first kappa shape index (κ1) is 12.5. The van der Waals surface area contributed by atoms with Crippen molar-refractivity contribution in [2.75, 3.05) is 26.3 Å². The van der Waals surface area contributed by atoms with Crippen molar-refractivity contribution in [2.45, 2.75) is 38.6 Å². The number of carbonyl (C=O) groups excluding carboxylic acids is 1. The van der Waals surface area contributed by atoms with Gasteiger partial charge in [0.2, 0.25) is 5.91 Å². The molecule has 2 N–H and O–H groups in total. The standard InChI is InChI=1S/C11H22N2O2/c1-2-3-7-15-8-6-12-9-11(14)13-10-4-5-10/h10,12H,2-9H2,1H3,(H,13,14). The summed E-state index contributed by atoms with van der Waals surface area (Å²) in [5.41, 5.74) is 0. The average Bonchev–Trinajstić information content (AvgIpc) is 3.00. The zero-order valence-electron chi connectivity index (χ0n) is 9.55. The SMILES string of the molecule is CCCCOCCNCC(=O)NC1CC1. The molecular weight excluding hydrogens is 192 g/mol. The molecule has 0 radical (unpaired) electrons. The van der Waals surface area contributed by atoms with E-state index >= 15 is 0 Å². The number of ether oxygens (including phenoxy) is 1. The molecule has 0 aromatic rings. The van der Waals surface area contributed by atoms with Gasteiger partial charge in [-0.05, 0) is 19.3 Å². The van der Waals surface area contributed by atoms with E-state index in [0.717, 1.165) is 38.8 Å². The normalized spacial score (nSPS) is 15.3. The summed E-state index contributed by atoms with van der Waals surface area (Å²) in [5, 5.41) is 5.98. The minimum absolute atomic E-state index is 0.103. The Morgan fingerprint density at radius 3 is 2.87 bits per heavy atom. The number of amides is 1. The molecule has 0 bridgehead atoms. The van der Waals surface area contributed by atoms with Crippen LogP contribution in [0.3, 0.4) is 0 Å². The lowest BCUT2D eigenvalue weighted by Gasteiger charge is -2.06. The number of hydrogen-bond acceptors (Lipinski definition) is 3. The molecular formula is C11H22N2O2. The summed E-state index contributed by atoms with van der Waals surface area (Å²) in [6, 6.07) is 0.458. The van der Waals surface area contributed by atoms with E-state index in [4.69, 9.17) is 4.74 Å². The predicted octanol–water partition coefficient (Wildman–Crippen LogP) is 0.671. The van der Waals surface area contributed by atoms with Crippen LogP contribution in [-0.4, -0.2) is 38.3 Å². The fraction of sp³-hybridized carbons (Fsp3) is 0.909. The Morgan fingerprint density at radius 2 is 2.20 bits per heavy atom. The Kier molecular flexibility index (Phi) is 6.36. The van der Waals surface area contributed by atoms with Crippen LogP contribution in [0.2, 0.25) is 0 Å². The summed E-state index contributed by atoms with van der Waals surface area (Å²) < 4.78 is 5.36. The van der Waals surface area contributed by atoms with Gasteiger partial charge in [0.25, 0.3) is 0 Å². The molecule has 1 aliphatic rings. The molecule has 15 heavy (non-hydrogen) atoms. The van der Waals surface area contributed by atoms with Gasteiger partial charge in [0.05, 0.1) is 13.2 Å². The van der Waals surface area contributed by atoms with E-state index in [1.165, 1.54) is 0 Å². The Morgan fingerprint density at radius 1 is 1.40 bits per heavy atom. The first-order chi connectivity index (χ1) is 7.33. The first-order valence-corrected chi connectivity index (χ1v) is 5.90. The summed E-state index contributed by atoms with van der Waals surface area (Å²) in [4.78, 5) is 11.2. The van der Waals surface area contributed by atoms with Gasteiger partial charge in [-0.25, -0.2) is 0 Å². The highest BCUT2D eigenvalue weighted by molar-refractivity contribution is 5.78. The summed E-state index contributed by atoms with van der Waals surface area (Å²) in [5.74, 6) is 0.103. The van der Waals surface area contributed by atoms with E-state index in [1.807, 2.05) is 0 Å². The number of carbonyl (C=O) groups is 1. The zero-order valence-corrected chi connectivity index (χ0v) is 9.55. The lowest BCUT2D eigenvalue weighted by molar-refractivity contribution is -0.120. The molecule has 1 saturated carbocycles. The van der Waals surface area contributed by atoms with Crippen LogP contribution < -0.4 is 10.6 Å². The molecule has 0 aliphatic heterocycles. The van der Waals surface area contributed by atoms with Gasteiger partial charge in [-0.2, -0.15) is 0 Å². The van der Waals surface area contributed by atoms with E-state index in [-0.39, 0.29) is 5.91 Å². The lowest BCUT2D eigenvalue weighted by Crippen LogP contribution is -2.36. The number of nitrogens with one attached hydrogen (secondary N) is 2. The Labute approximate surface area is 91.8 Å². The maximum atomic E-state index is 11.2. The molecule has 0 spiro atoms. The maximum Gasteiger partial charge on any atom is 0.234 e. The molecule has 0 saturated heterocycles. The molecule has 0 aromatic heterocycles. The molecule has 1 aliphatic carbocycles. The van der Waals surface area contributed by atoms with E-state index in [1.54, 1.807) is 0 Å². The summed E-state index contributed by atoms with van der Waals surface area (Å²) in [6.07, 6.45) is 4.57. The second kappa shape index (κ2) is 7.65. The van der Waals surface area contributed by atoms with Crippen LogP contribution in [0.1, 0.15) is 32.6 Å². The van der Waals surface area contributed by atoms with E-state index < -0.39 is 0 Å². The third kappa shape index (κ3) is 7.33. The average molecular weight is 214 g/mol. The van der Waals surface area contributed by atoms with Gasteiger partial charge in [0.1, 0.15) is 0 Å². The fourth-order valence-corrected chi connectivity index (χ4v) is 1.20. The second-order valence-corrected chi connectivity index (χ2v) is 3.98. The van der Waals surface area contributed by atoms with Crippen LogP contribution in [-0.2, 0) is 9.53 Å². The van der Waals surface area contributed by atoms with Gasteiger partial charge >= 0.3 is 0 Å². The highest BCUT2D eigenvalue weighted by Crippen LogP contribution is 2.17. The molecule has 1 fully saturated rings. The van der Waals surface area contributed by atoms with Crippen molar-refractivity contribution in [2.24, 2.45) is 0 Å². The molecule has 0 heterocycles. The third-order valence-electron chi connectivity index (χ3n) is 2.29. The van der Waals surface area contributed by atoms with Crippen molar-refractivity contribution in [3.8, 4) is 0 Å². The van der Waals surface area contributed by atoms with Gasteiger partial charge in [0.15, 0.2) is 0 Å². The fourth-order valence-electron chi connectivity index (χ4n) is 1.20. The number of rotatable bonds is 9.